The van der Waals surface area contributed by atoms with Crippen LogP contribution in [0.1, 0.15) is 37.7 Å². The van der Waals surface area contributed by atoms with Crippen LogP contribution < -0.4 is 0 Å². The minimum absolute atomic E-state index is 0.857. The highest BCUT2D eigenvalue weighted by Gasteiger charge is 1.93. The third kappa shape index (κ3) is 3.75. The van der Waals surface area contributed by atoms with E-state index < -0.39 is 0 Å². The van der Waals surface area contributed by atoms with Gasteiger partial charge >= 0.3 is 0 Å². The van der Waals surface area contributed by atoms with E-state index in [1.54, 1.807) is 0 Å². The Kier molecular flexibility index (Phi) is 5.63. The van der Waals surface area contributed by atoms with Gasteiger partial charge in [-0.3, -0.25) is 0 Å². The Balaban J connectivity index is 0.000000671. The number of rotatable bonds is 0. The first-order valence-corrected chi connectivity index (χ1v) is 4.61. The van der Waals surface area contributed by atoms with Gasteiger partial charge in [-0.15, -0.1) is 0 Å². The summed E-state index contributed by atoms with van der Waals surface area (Å²) < 4.78 is 0. The Bertz CT molecular complexity index is 316. The number of aromatic nitrogens is 1. The standard InChI is InChI=1S/C10H11N.C2H6/c1-4-5-10-7-6-8(2)9(3)11-10;1-2/h6-7H,1-3H3;1-2H3. The molecule has 0 aliphatic heterocycles. The van der Waals surface area contributed by atoms with E-state index in [1.165, 1.54) is 5.56 Å². The minimum atomic E-state index is 0.857. The lowest BCUT2D eigenvalue weighted by molar-refractivity contribution is 1.13. The van der Waals surface area contributed by atoms with Gasteiger partial charge in [0.2, 0.25) is 0 Å². The number of nitrogens with zero attached hydrogens (tertiary/aromatic N) is 1. The molecule has 0 aliphatic rings. The first kappa shape index (κ1) is 11.7. The van der Waals surface area contributed by atoms with Crippen molar-refractivity contribution in [2.75, 3.05) is 0 Å². The van der Waals surface area contributed by atoms with E-state index in [0.717, 1.165) is 11.4 Å². The molecule has 0 radical (unpaired) electrons. The number of pyridine rings is 1. The molecule has 0 atom stereocenters. The Morgan fingerprint density at radius 2 is 1.77 bits per heavy atom. The molecule has 0 bridgehead atoms. The minimum Gasteiger partial charge on any atom is -0.244 e. The van der Waals surface area contributed by atoms with E-state index in [0.29, 0.717) is 0 Å². The maximum atomic E-state index is 4.29. The number of hydrogen-bond acceptors (Lipinski definition) is 1. The van der Waals surface area contributed by atoms with Crippen molar-refractivity contribution in [1.29, 1.82) is 0 Å². The summed E-state index contributed by atoms with van der Waals surface area (Å²) in [6.07, 6.45) is 0. The molecule has 0 saturated carbocycles. The van der Waals surface area contributed by atoms with Crippen molar-refractivity contribution < 1.29 is 0 Å². The second-order valence-electron chi connectivity index (χ2n) is 2.47. The molecular weight excluding hydrogens is 158 g/mol. The largest absolute Gasteiger partial charge is 0.244 e. The van der Waals surface area contributed by atoms with Crippen molar-refractivity contribution in [3.05, 3.63) is 29.1 Å². The van der Waals surface area contributed by atoms with Crippen LogP contribution in [0.4, 0.5) is 0 Å². The zero-order chi connectivity index (χ0) is 10.3. The van der Waals surface area contributed by atoms with E-state index >= 15 is 0 Å². The molecule has 0 aromatic carbocycles. The average Bonchev–Trinajstić information content (AvgIpc) is 2.15. The fourth-order valence-electron chi connectivity index (χ4n) is 0.828. The molecule has 1 heteroatoms. The SMILES string of the molecule is CC.CC#Cc1ccc(C)c(C)n1. The molecule has 0 N–H and O–H groups in total. The predicted molar refractivity (Wildman–Crippen MR) is 57.6 cm³/mol. The zero-order valence-electron chi connectivity index (χ0n) is 9.10. The van der Waals surface area contributed by atoms with Gasteiger partial charge in [-0.05, 0) is 38.3 Å². The summed E-state index contributed by atoms with van der Waals surface area (Å²) in [6.45, 7) is 9.86. The third-order valence-corrected chi connectivity index (χ3v) is 1.60. The van der Waals surface area contributed by atoms with Crippen LogP contribution >= 0.6 is 0 Å². The summed E-state index contributed by atoms with van der Waals surface area (Å²) in [5, 5.41) is 0. The normalized spacial score (nSPS) is 7.77. The Labute approximate surface area is 81.2 Å². The summed E-state index contributed by atoms with van der Waals surface area (Å²) in [4.78, 5) is 4.29. The molecule has 0 spiro atoms. The van der Waals surface area contributed by atoms with Gasteiger partial charge < -0.3 is 0 Å². The molecule has 0 fully saturated rings. The third-order valence-electron chi connectivity index (χ3n) is 1.60. The van der Waals surface area contributed by atoms with Crippen LogP contribution in [0.3, 0.4) is 0 Å². The maximum Gasteiger partial charge on any atom is 0.113 e. The lowest BCUT2D eigenvalue weighted by Crippen LogP contribution is -1.89. The van der Waals surface area contributed by atoms with Crippen LogP contribution in [-0.2, 0) is 0 Å². The number of hydrogen-bond donors (Lipinski definition) is 0. The Hall–Kier alpha value is -1.29. The molecule has 1 rings (SSSR count). The molecule has 13 heavy (non-hydrogen) atoms. The zero-order valence-corrected chi connectivity index (χ0v) is 9.10. The summed E-state index contributed by atoms with van der Waals surface area (Å²) >= 11 is 0. The molecule has 0 amide bonds. The van der Waals surface area contributed by atoms with Gasteiger partial charge in [0.25, 0.3) is 0 Å². The van der Waals surface area contributed by atoms with Crippen LogP contribution in [0, 0.1) is 25.7 Å². The molecule has 1 heterocycles. The summed E-state index contributed by atoms with van der Waals surface area (Å²) in [5.41, 5.74) is 3.13. The molecule has 0 unspecified atom stereocenters. The molecular formula is C12H17N. The molecule has 0 aliphatic carbocycles. The summed E-state index contributed by atoms with van der Waals surface area (Å²) in [5.74, 6) is 5.73. The topological polar surface area (TPSA) is 12.9 Å². The highest BCUT2D eigenvalue weighted by Crippen LogP contribution is 2.03. The Morgan fingerprint density at radius 3 is 2.23 bits per heavy atom. The van der Waals surface area contributed by atoms with Crippen molar-refractivity contribution in [1.82, 2.24) is 4.98 Å². The van der Waals surface area contributed by atoms with E-state index in [4.69, 9.17) is 0 Å². The van der Waals surface area contributed by atoms with E-state index in [9.17, 15) is 0 Å². The monoisotopic (exact) mass is 175 g/mol. The average molecular weight is 175 g/mol. The van der Waals surface area contributed by atoms with Crippen LogP contribution in [0.5, 0.6) is 0 Å². The van der Waals surface area contributed by atoms with E-state index in [2.05, 4.69) is 16.8 Å². The van der Waals surface area contributed by atoms with Crippen molar-refractivity contribution in [3.8, 4) is 11.8 Å². The van der Waals surface area contributed by atoms with Gasteiger partial charge in [0.1, 0.15) is 5.69 Å². The van der Waals surface area contributed by atoms with Crippen molar-refractivity contribution >= 4 is 0 Å². The van der Waals surface area contributed by atoms with Gasteiger partial charge in [-0.1, -0.05) is 25.8 Å². The molecule has 1 aromatic heterocycles. The highest BCUT2D eigenvalue weighted by molar-refractivity contribution is 5.31. The van der Waals surface area contributed by atoms with Gasteiger partial charge in [-0.2, -0.15) is 0 Å². The molecule has 1 aromatic rings. The van der Waals surface area contributed by atoms with Crippen molar-refractivity contribution in [3.63, 3.8) is 0 Å². The lowest BCUT2D eigenvalue weighted by Gasteiger charge is -1.97. The molecule has 0 saturated heterocycles. The molecule has 70 valence electrons. The van der Waals surface area contributed by atoms with Crippen LogP contribution in [0.2, 0.25) is 0 Å². The first-order valence-electron chi connectivity index (χ1n) is 4.61. The first-order chi connectivity index (χ1) is 6.24. The van der Waals surface area contributed by atoms with E-state index in [1.807, 2.05) is 46.8 Å². The van der Waals surface area contributed by atoms with Crippen LogP contribution in [-0.4, -0.2) is 4.98 Å². The second-order valence-corrected chi connectivity index (χ2v) is 2.47. The van der Waals surface area contributed by atoms with Gasteiger partial charge in [0.15, 0.2) is 0 Å². The Morgan fingerprint density at radius 1 is 1.15 bits per heavy atom. The number of aryl methyl sites for hydroxylation is 2. The lowest BCUT2D eigenvalue weighted by atomic mass is 10.2. The van der Waals surface area contributed by atoms with Crippen molar-refractivity contribution in [2.45, 2.75) is 34.6 Å². The van der Waals surface area contributed by atoms with Crippen LogP contribution in [0.15, 0.2) is 12.1 Å². The van der Waals surface area contributed by atoms with Gasteiger partial charge in [0, 0.05) is 5.69 Å². The van der Waals surface area contributed by atoms with Gasteiger partial charge in [-0.25, -0.2) is 4.98 Å². The van der Waals surface area contributed by atoms with Gasteiger partial charge in [0.05, 0.1) is 0 Å². The van der Waals surface area contributed by atoms with Crippen molar-refractivity contribution in [2.24, 2.45) is 0 Å². The fourth-order valence-corrected chi connectivity index (χ4v) is 0.828. The summed E-state index contributed by atoms with van der Waals surface area (Å²) in [7, 11) is 0. The second kappa shape index (κ2) is 6.25. The van der Waals surface area contributed by atoms with Crippen LogP contribution in [0.25, 0.3) is 0 Å². The summed E-state index contributed by atoms with van der Waals surface area (Å²) in [6, 6.07) is 3.99. The quantitative estimate of drug-likeness (QED) is 0.552. The smallest absolute Gasteiger partial charge is 0.113 e. The predicted octanol–water partition coefficient (Wildman–Crippen LogP) is 3.10. The fraction of sp³-hybridized carbons (Fsp3) is 0.417. The molecule has 1 nitrogen and oxygen atoms in total. The highest BCUT2D eigenvalue weighted by atomic mass is 14.7. The van der Waals surface area contributed by atoms with E-state index in [-0.39, 0.29) is 0 Å². The maximum absolute atomic E-state index is 4.29.